The molecule has 2 N–H and O–H groups in total. The third kappa shape index (κ3) is 2.06. The van der Waals surface area contributed by atoms with Crippen LogP contribution in [0.1, 0.15) is 19.0 Å². The first-order chi connectivity index (χ1) is 9.41. The Morgan fingerprint density at radius 3 is 2.70 bits per heavy atom. The van der Waals surface area contributed by atoms with E-state index in [2.05, 4.69) is 11.9 Å². The molecule has 4 atom stereocenters. The van der Waals surface area contributed by atoms with Crippen molar-refractivity contribution in [1.29, 1.82) is 0 Å². The molecule has 1 saturated heterocycles. The molecule has 0 spiro atoms. The van der Waals surface area contributed by atoms with Gasteiger partial charge in [0.15, 0.2) is 0 Å². The van der Waals surface area contributed by atoms with Gasteiger partial charge in [0.25, 0.3) is 0 Å². The molecule has 2 heterocycles. The van der Waals surface area contributed by atoms with E-state index in [-0.39, 0.29) is 6.04 Å². The van der Waals surface area contributed by atoms with E-state index in [1.54, 1.807) is 6.07 Å². The average Bonchev–Trinajstić information content (AvgIpc) is 2.79. The number of hydrogen-bond donors (Lipinski definition) is 1. The molecule has 1 aromatic heterocycles. The van der Waals surface area contributed by atoms with Gasteiger partial charge in [-0.3, -0.25) is 4.98 Å². The topological polar surface area (TPSA) is 42.2 Å². The third-order valence-corrected chi connectivity index (χ3v) is 4.82. The van der Waals surface area contributed by atoms with Crippen LogP contribution in [0.4, 0.5) is 18.9 Å². The maximum Gasteiger partial charge on any atom is 0.433 e. The molecule has 1 aliphatic carbocycles. The quantitative estimate of drug-likeness (QED) is 0.908. The standard InChI is InChI=1S/C14H18F3N3/c1-2-9-10-6-20(7-11(10)13(9)18)8-3-4-19-12(5-8)14(15,16)17/h3-5,9-11,13H,2,6-7,18H2,1H3/t9?,10?,11-,13-/m1/s1. The van der Waals surface area contributed by atoms with Gasteiger partial charge in [-0.2, -0.15) is 13.2 Å². The molecule has 1 aliphatic heterocycles. The third-order valence-electron chi connectivity index (χ3n) is 4.82. The molecule has 0 bridgehead atoms. The van der Waals surface area contributed by atoms with Crippen molar-refractivity contribution in [2.75, 3.05) is 18.0 Å². The summed E-state index contributed by atoms with van der Waals surface area (Å²) in [6.07, 6.45) is -2.12. The largest absolute Gasteiger partial charge is 0.433 e. The van der Waals surface area contributed by atoms with Crippen molar-refractivity contribution < 1.29 is 13.2 Å². The van der Waals surface area contributed by atoms with Crippen molar-refractivity contribution in [1.82, 2.24) is 4.98 Å². The summed E-state index contributed by atoms with van der Waals surface area (Å²) in [5.41, 5.74) is 5.91. The van der Waals surface area contributed by atoms with E-state index in [1.165, 1.54) is 6.20 Å². The molecular weight excluding hydrogens is 267 g/mol. The van der Waals surface area contributed by atoms with Gasteiger partial charge in [-0.15, -0.1) is 0 Å². The van der Waals surface area contributed by atoms with Crippen LogP contribution >= 0.6 is 0 Å². The van der Waals surface area contributed by atoms with Crippen LogP contribution < -0.4 is 10.6 Å². The first-order valence-corrected chi connectivity index (χ1v) is 6.95. The van der Waals surface area contributed by atoms with Crippen molar-refractivity contribution in [2.45, 2.75) is 25.6 Å². The monoisotopic (exact) mass is 285 g/mol. The second-order valence-electron chi connectivity index (χ2n) is 5.78. The molecule has 110 valence electrons. The molecule has 1 aromatic rings. The number of fused-ring (bicyclic) bond motifs is 1. The van der Waals surface area contributed by atoms with Crippen LogP contribution in [0.2, 0.25) is 0 Å². The van der Waals surface area contributed by atoms with Crippen LogP contribution in [-0.4, -0.2) is 24.1 Å². The fourth-order valence-electron chi connectivity index (χ4n) is 3.73. The summed E-state index contributed by atoms with van der Waals surface area (Å²) in [7, 11) is 0. The molecule has 2 aliphatic rings. The van der Waals surface area contributed by atoms with Gasteiger partial charge in [0.05, 0.1) is 0 Å². The van der Waals surface area contributed by atoms with Gasteiger partial charge in [0.2, 0.25) is 0 Å². The van der Waals surface area contributed by atoms with Crippen LogP contribution in [0.15, 0.2) is 18.3 Å². The fourth-order valence-corrected chi connectivity index (χ4v) is 3.73. The predicted molar refractivity (Wildman–Crippen MR) is 70.2 cm³/mol. The molecule has 20 heavy (non-hydrogen) atoms. The molecule has 0 amide bonds. The Bertz CT molecular complexity index is 503. The van der Waals surface area contributed by atoms with E-state index in [0.29, 0.717) is 23.4 Å². The van der Waals surface area contributed by atoms with Crippen LogP contribution in [0.3, 0.4) is 0 Å². The number of hydrogen-bond acceptors (Lipinski definition) is 3. The summed E-state index contributed by atoms with van der Waals surface area (Å²) in [5, 5.41) is 0. The highest BCUT2D eigenvalue weighted by Crippen LogP contribution is 2.47. The van der Waals surface area contributed by atoms with Crippen molar-refractivity contribution in [2.24, 2.45) is 23.5 Å². The maximum absolute atomic E-state index is 12.7. The van der Waals surface area contributed by atoms with Gasteiger partial charge in [-0.05, 0) is 29.9 Å². The SMILES string of the molecule is CCC1C2CN(c3ccnc(C(F)(F)F)c3)C[C@H]2[C@@H]1N. The second-order valence-corrected chi connectivity index (χ2v) is 5.78. The molecule has 2 unspecified atom stereocenters. The van der Waals surface area contributed by atoms with E-state index in [0.717, 1.165) is 25.6 Å². The Morgan fingerprint density at radius 1 is 1.35 bits per heavy atom. The summed E-state index contributed by atoms with van der Waals surface area (Å²) in [6, 6.07) is 2.97. The van der Waals surface area contributed by atoms with Crippen molar-refractivity contribution in [3.8, 4) is 0 Å². The zero-order valence-corrected chi connectivity index (χ0v) is 11.3. The zero-order valence-electron chi connectivity index (χ0n) is 11.3. The van der Waals surface area contributed by atoms with E-state index in [1.807, 2.05) is 4.90 Å². The van der Waals surface area contributed by atoms with E-state index >= 15 is 0 Å². The van der Waals surface area contributed by atoms with Gasteiger partial charge >= 0.3 is 6.18 Å². The Kier molecular flexibility index (Phi) is 3.16. The molecule has 3 rings (SSSR count). The molecule has 0 radical (unpaired) electrons. The normalized spacial score (nSPS) is 33.0. The van der Waals surface area contributed by atoms with Gasteiger partial charge in [0, 0.05) is 31.0 Å². The molecule has 3 nitrogen and oxygen atoms in total. The summed E-state index contributed by atoms with van der Waals surface area (Å²) in [4.78, 5) is 5.42. The van der Waals surface area contributed by atoms with Gasteiger partial charge in [-0.25, -0.2) is 0 Å². The van der Waals surface area contributed by atoms with Crippen LogP contribution in [0.5, 0.6) is 0 Å². The molecule has 2 fully saturated rings. The highest BCUT2D eigenvalue weighted by Gasteiger charge is 2.52. The summed E-state index contributed by atoms with van der Waals surface area (Å²) in [5.74, 6) is 1.45. The minimum Gasteiger partial charge on any atom is -0.371 e. The first-order valence-electron chi connectivity index (χ1n) is 6.95. The average molecular weight is 285 g/mol. The Balaban J connectivity index is 1.79. The fraction of sp³-hybridized carbons (Fsp3) is 0.643. The number of pyridine rings is 1. The Morgan fingerprint density at radius 2 is 2.05 bits per heavy atom. The minimum atomic E-state index is -4.39. The zero-order chi connectivity index (χ0) is 14.5. The van der Waals surface area contributed by atoms with Gasteiger partial charge in [0.1, 0.15) is 5.69 Å². The van der Waals surface area contributed by atoms with Crippen LogP contribution in [0, 0.1) is 17.8 Å². The highest BCUT2D eigenvalue weighted by molar-refractivity contribution is 5.49. The number of anilines is 1. The number of alkyl halides is 3. The van der Waals surface area contributed by atoms with Crippen molar-refractivity contribution in [3.63, 3.8) is 0 Å². The number of nitrogens with two attached hydrogens (primary N) is 1. The lowest BCUT2D eigenvalue weighted by molar-refractivity contribution is -0.141. The van der Waals surface area contributed by atoms with Crippen LogP contribution in [0.25, 0.3) is 0 Å². The van der Waals surface area contributed by atoms with E-state index < -0.39 is 11.9 Å². The lowest BCUT2D eigenvalue weighted by Gasteiger charge is -2.45. The van der Waals surface area contributed by atoms with Crippen LogP contribution in [-0.2, 0) is 6.18 Å². The predicted octanol–water partition coefficient (Wildman–Crippen LogP) is 2.52. The lowest BCUT2D eigenvalue weighted by atomic mass is 9.62. The smallest absolute Gasteiger partial charge is 0.371 e. The van der Waals surface area contributed by atoms with Gasteiger partial charge < -0.3 is 10.6 Å². The minimum absolute atomic E-state index is 0.193. The highest BCUT2D eigenvalue weighted by atomic mass is 19.4. The second kappa shape index (κ2) is 4.62. The van der Waals surface area contributed by atoms with Gasteiger partial charge in [-0.1, -0.05) is 13.3 Å². The van der Waals surface area contributed by atoms with E-state index in [4.69, 9.17) is 5.73 Å². The van der Waals surface area contributed by atoms with Crippen molar-refractivity contribution in [3.05, 3.63) is 24.0 Å². The summed E-state index contributed by atoms with van der Waals surface area (Å²) in [6.45, 7) is 3.68. The number of aromatic nitrogens is 1. The van der Waals surface area contributed by atoms with Crippen molar-refractivity contribution >= 4 is 5.69 Å². The summed E-state index contributed by atoms with van der Waals surface area (Å²) >= 11 is 0. The maximum atomic E-state index is 12.7. The molecule has 0 aromatic carbocycles. The lowest BCUT2D eigenvalue weighted by Crippen LogP contribution is -2.55. The molecular formula is C14H18F3N3. The number of rotatable bonds is 2. The van der Waals surface area contributed by atoms with E-state index in [9.17, 15) is 13.2 Å². The number of halogens is 3. The first kappa shape index (κ1) is 13.7. The number of nitrogens with zero attached hydrogens (tertiary/aromatic N) is 2. The molecule has 1 saturated carbocycles. The Labute approximate surface area is 116 Å². The summed E-state index contributed by atoms with van der Waals surface area (Å²) < 4.78 is 38.1. The Hall–Kier alpha value is -1.30. The molecule has 6 heteroatoms.